The van der Waals surface area contributed by atoms with E-state index in [1.165, 1.54) is 0 Å². The molecule has 0 aromatic rings. The Morgan fingerprint density at radius 3 is 2.18 bits per heavy atom. The Balaban J connectivity index is 5.06. The highest BCUT2D eigenvalue weighted by Crippen LogP contribution is 2.38. The zero-order valence-corrected chi connectivity index (χ0v) is 11.4. The molecule has 0 saturated carbocycles. The fourth-order valence-corrected chi connectivity index (χ4v) is 2.04. The molecule has 3 heteroatoms. The van der Waals surface area contributed by atoms with Crippen LogP contribution in [-0.2, 0) is 4.79 Å². The zero-order valence-electron chi connectivity index (χ0n) is 11.4. The summed E-state index contributed by atoms with van der Waals surface area (Å²) in [4.78, 5) is 11.6. The highest BCUT2D eigenvalue weighted by molar-refractivity contribution is 5.93. The maximum atomic E-state index is 11.6. The summed E-state index contributed by atoms with van der Waals surface area (Å²) in [5.74, 6) is 0.104. The Hall–Kier alpha value is -0.670. The quantitative estimate of drug-likeness (QED) is 0.641. The van der Waals surface area contributed by atoms with Gasteiger partial charge in [0.25, 0.3) is 0 Å². The molecule has 0 saturated heterocycles. The summed E-state index contributed by atoms with van der Waals surface area (Å²) in [6, 6.07) is 0. The fourth-order valence-electron chi connectivity index (χ4n) is 2.04. The van der Waals surface area contributed by atoms with E-state index in [0.29, 0.717) is 12.3 Å². The number of hydrogen-bond donors (Lipinski definition) is 2. The van der Waals surface area contributed by atoms with E-state index in [1.807, 2.05) is 13.8 Å². The van der Waals surface area contributed by atoms with Crippen molar-refractivity contribution in [3.8, 4) is 0 Å². The van der Waals surface area contributed by atoms with Crippen molar-refractivity contribution in [1.29, 1.82) is 0 Å². The molecule has 2 atom stereocenters. The van der Waals surface area contributed by atoms with Crippen molar-refractivity contribution in [2.45, 2.75) is 46.6 Å². The molecule has 100 valence electrons. The molecule has 0 heterocycles. The number of rotatable bonds is 8. The summed E-state index contributed by atoms with van der Waals surface area (Å²) in [5, 5.41) is 19.8. The summed E-state index contributed by atoms with van der Waals surface area (Å²) < 4.78 is 0. The van der Waals surface area contributed by atoms with Gasteiger partial charge in [-0.15, -0.1) is 0 Å². The van der Waals surface area contributed by atoms with E-state index >= 15 is 0 Å². The lowest BCUT2D eigenvalue weighted by atomic mass is 9.68. The molecule has 0 fully saturated rings. The molecule has 0 radical (unpaired) electrons. The highest BCUT2D eigenvalue weighted by Gasteiger charge is 2.42. The van der Waals surface area contributed by atoms with Gasteiger partial charge >= 0.3 is 0 Å². The average molecular weight is 242 g/mol. The second-order valence-electron chi connectivity index (χ2n) is 5.49. The topological polar surface area (TPSA) is 57.5 Å². The Labute approximate surface area is 105 Å². The number of aliphatic hydroxyl groups is 2. The minimum absolute atomic E-state index is 0.0325. The highest BCUT2D eigenvalue weighted by atomic mass is 16.3. The molecule has 0 aromatic carbocycles. The number of carbonyl (C=O) groups excluding carboxylic acids is 1. The lowest BCUT2D eigenvalue weighted by Crippen LogP contribution is -2.47. The van der Waals surface area contributed by atoms with Crippen LogP contribution in [0, 0.1) is 17.3 Å². The van der Waals surface area contributed by atoms with Gasteiger partial charge < -0.3 is 10.2 Å². The molecule has 2 N–H and O–H groups in total. The molecule has 0 aliphatic rings. The van der Waals surface area contributed by atoms with Gasteiger partial charge in [0, 0.05) is 5.41 Å². The van der Waals surface area contributed by atoms with Gasteiger partial charge in [-0.1, -0.05) is 40.7 Å². The molecule has 0 aromatic heterocycles. The second-order valence-corrected chi connectivity index (χ2v) is 5.49. The van der Waals surface area contributed by atoms with Crippen LogP contribution in [0.1, 0.15) is 40.5 Å². The van der Waals surface area contributed by atoms with Gasteiger partial charge in [-0.2, -0.15) is 0 Å². The Bertz CT molecular complexity index is 258. The van der Waals surface area contributed by atoms with Crippen LogP contribution < -0.4 is 0 Å². The van der Waals surface area contributed by atoms with Crippen LogP contribution in [0.2, 0.25) is 0 Å². The third-order valence-corrected chi connectivity index (χ3v) is 3.65. The van der Waals surface area contributed by atoms with Crippen molar-refractivity contribution in [2.75, 3.05) is 6.61 Å². The number of carbonyl (C=O) groups is 1. The van der Waals surface area contributed by atoms with E-state index in [-0.39, 0.29) is 12.5 Å². The molecule has 0 rings (SSSR count). The van der Waals surface area contributed by atoms with E-state index in [2.05, 4.69) is 20.4 Å². The van der Waals surface area contributed by atoms with Crippen LogP contribution in [0.3, 0.4) is 0 Å². The third kappa shape index (κ3) is 3.93. The first-order chi connectivity index (χ1) is 7.81. The SMILES string of the molecule is C=CC(=O)C(O)C(CO)(CCC(C)C)C(C)C. The molecule has 0 amide bonds. The summed E-state index contributed by atoms with van der Waals surface area (Å²) in [5.41, 5.74) is -0.754. The molecule has 0 aliphatic carbocycles. The molecule has 2 unspecified atom stereocenters. The van der Waals surface area contributed by atoms with Crippen LogP contribution in [0.25, 0.3) is 0 Å². The standard InChI is InChI=1S/C14H26O3/c1-6-12(16)13(17)14(9-15,11(4)5)8-7-10(2)3/h6,10-11,13,15,17H,1,7-9H2,2-5H3. The van der Waals surface area contributed by atoms with Gasteiger partial charge in [0.1, 0.15) is 6.10 Å². The number of ketones is 1. The Morgan fingerprint density at radius 1 is 1.35 bits per heavy atom. The second kappa shape index (κ2) is 6.92. The molecule has 0 spiro atoms. The van der Waals surface area contributed by atoms with Gasteiger partial charge in [-0.3, -0.25) is 4.79 Å². The van der Waals surface area contributed by atoms with Crippen LogP contribution in [-0.4, -0.2) is 28.7 Å². The Kier molecular flexibility index (Phi) is 6.65. The molecule has 17 heavy (non-hydrogen) atoms. The maximum absolute atomic E-state index is 11.6. The molecule has 0 bridgehead atoms. The lowest BCUT2D eigenvalue weighted by Gasteiger charge is -2.39. The van der Waals surface area contributed by atoms with E-state index in [4.69, 9.17) is 0 Å². The number of hydrogen-bond acceptors (Lipinski definition) is 3. The summed E-state index contributed by atoms with van der Waals surface area (Å²) in [6.07, 6.45) is 1.48. The van der Waals surface area contributed by atoms with E-state index in [9.17, 15) is 15.0 Å². The Morgan fingerprint density at radius 2 is 1.88 bits per heavy atom. The smallest absolute Gasteiger partial charge is 0.184 e. The first-order valence-electron chi connectivity index (χ1n) is 6.27. The molecular formula is C14H26O3. The van der Waals surface area contributed by atoms with Crippen LogP contribution in [0.5, 0.6) is 0 Å². The monoisotopic (exact) mass is 242 g/mol. The van der Waals surface area contributed by atoms with E-state index in [0.717, 1.165) is 12.5 Å². The first kappa shape index (κ1) is 16.3. The van der Waals surface area contributed by atoms with Gasteiger partial charge in [0.05, 0.1) is 6.61 Å². The third-order valence-electron chi connectivity index (χ3n) is 3.65. The van der Waals surface area contributed by atoms with Crippen molar-refractivity contribution in [3.63, 3.8) is 0 Å². The fraction of sp³-hybridized carbons (Fsp3) is 0.786. The normalized spacial score (nSPS) is 16.9. The van der Waals surface area contributed by atoms with Gasteiger partial charge in [-0.25, -0.2) is 0 Å². The molecule has 0 aliphatic heterocycles. The first-order valence-corrected chi connectivity index (χ1v) is 6.27. The predicted molar refractivity (Wildman–Crippen MR) is 69.6 cm³/mol. The van der Waals surface area contributed by atoms with Crippen LogP contribution >= 0.6 is 0 Å². The van der Waals surface area contributed by atoms with E-state index < -0.39 is 17.3 Å². The van der Waals surface area contributed by atoms with Gasteiger partial charge in [0.2, 0.25) is 0 Å². The van der Waals surface area contributed by atoms with Crippen LogP contribution in [0.4, 0.5) is 0 Å². The van der Waals surface area contributed by atoms with Crippen molar-refractivity contribution >= 4 is 5.78 Å². The predicted octanol–water partition coefficient (Wildman–Crippen LogP) is 2.17. The molecule has 3 nitrogen and oxygen atoms in total. The summed E-state index contributed by atoms with van der Waals surface area (Å²) >= 11 is 0. The van der Waals surface area contributed by atoms with Gasteiger partial charge in [0.15, 0.2) is 5.78 Å². The summed E-state index contributed by atoms with van der Waals surface area (Å²) in [7, 11) is 0. The maximum Gasteiger partial charge on any atom is 0.184 e. The van der Waals surface area contributed by atoms with Crippen molar-refractivity contribution in [2.24, 2.45) is 17.3 Å². The number of aliphatic hydroxyl groups excluding tert-OH is 2. The van der Waals surface area contributed by atoms with E-state index in [1.54, 1.807) is 0 Å². The average Bonchev–Trinajstić information content (AvgIpc) is 2.28. The lowest BCUT2D eigenvalue weighted by molar-refractivity contribution is -0.136. The van der Waals surface area contributed by atoms with Crippen LogP contribution in [0.15, 0.2) is 12.7 Å². The zero-order chi connectivity index (χ0) is 13.6. The minimum atomic E-state index is -1.16. The minimum Gasteiger partial charge on any atom is -0.396 e. The summed E-state index contributed by atoms with van der Waals surface area (Å²) in [6.45, 7) is 11.2. The molecular weight excluding hydrogens is 216 g/mol. The van der Waals surface area contributed by atoms with Crippen molar-refractivity contribution in [3.05, 3.63) is 12.7 Å². The van der Waals surface area contributed by atoms with Gasteiger partial charge in [-0.05, 0) is 24.3 Å². The van der Waals surface area contributed by atoms with Crippen molar-refractivity contribution in [1.82, 2.24) is 0 Å². The van der Waals surface area contributed by atoms with Crippen molar-refractivity contribution < 1.29 is 15.0 Å². The largest absolute Gasteiger partial charge is 0.396 e.